The molecular weight excluding hydrogens is 336 g/mol. The van der Waals surface area contributed by atoms with Gasteiger partial charge in [0.1, 0.15) is 0 Å². The van der Waals surface area contributed by atoms with E-state index in [1.807, 2.05) is 0 Å². The van der Waals surface area contributed by atoms with Crippen LogP contribution >= 0.6 is 11.6 Å². The van der Waals surface area contributed by atoms with Gasteiger partial charge in [-0.15, -0.1) is 0 Å². The molecule has 1 heterocycles. The van der Waals surface area contributed by atoms with Gasteiger partial charge in [-0.3, -0.25) is 4.79 Å². The molecule has 1 aromatic rings. The Kier molecular flexibility index (Phi) is 6.06. The molecule has 1 aliphatic rings. The van der Waals surface area contributed by atoms with Crippen LogP contribution in [-0.2, 0) is 14.8 Å². The molecule has 1 fully saturated rings. The molecule has 23 heavy (non-hydrogen) atoms. The van der Waals surface area contributed by atoms with Gasteiger partial charge in [0.15, 0.2) is 0 Å². The van der Waals surface area contributed by atoms with Crippen molar-refractivity contribution in [3.05, 3.63) is 29.3 Å². The maximum atomic E-state index is 12.7. The first-order valence-corrected chi connectivity index (χ1v) is 9.70. The Labute approximate surface area is 143 Å². The van der Waals surface area contributed by atoms with Crippen molar-refractivity contribution in [3.8, 4) is 0 Å². The number of piperidine rings is 1. The first-order chi connectivity index (χ1) is 10.8. The van der Waals surface area contributed by atoms with E-state index < -0.39 is 10.0 Å². The third-order valence-electron chi connectivity index (χ3n) is 4.25. The fourth-order valence-corrected chi connectivity index (χ4v) is 4.16. The molecule has 0 atom stereocenters. The molecular formula is C16H23ClN2O3S. The van der Waals surface area contributed by atoms with Crippen LogP contribution in [0.5, 0.6) is 0 Å². The molecule has 128 valence electrons. The quantitative estimate of drug-likeness (QED) is 0.813. The number of carbonyl (C=O) groups excluding carboxylic acids is 1. The van der Waals surface area contributed by atoms with Gasteiger partial charge < -0.3 is 4.90 Å². The number of hydrogen-bond acceptors (Lipinski definition) is 3. The van der Waals surface area contributed by atoms with Crippen LogP contribution in [0, 0.1) is 5.92 Å². The zero-order chi connectivity index (χ0) is 17.0. The first kappa shape index (κ1) is 18.2. The van der Waals surface area contributed by atoms with Crippen LogP contribution in [0.2, 0.25) is 5.02 Å². The summed E-state index contributed by atoms with van der Waals surface area (Å²) in [5, 5.41) is 0.477. The van der Waals surface area contributed by atoms with Crippen LogP contribution < -0.4 is 0 Å². The van der Waals surface area contributed by atoms with Crippen molar-refractivity contribution in [3.63, 3.8) is 0 Å². The summed E-state index contributed by atoms with van der Waals surface area (Å²) >= 11 is 5.80. The lowest BCUT2D eigenvalue weighted by Crippen LogP contribution is -2.45. The third kappa shape index (κ3) is 4.46. The molecule has 5 nitrogen and oxygen atoms in total. The van der Waals surface area contributed by atoms with Crippen LogP contribution in [0.4, 0.5) is 0 Å². The minimum Gasteiger partial charge on any atom is -0.342 e. The average Bonchev–Trinajstić information content (AvgIpc) is 2.53. The summed E-state index contributed by atoms with van der Waals surface area (Å²) in [6, 6.07) is 6.01. The summed E-state index contributed by atoms with van der Waals surface area (Å²) in [7, 11) is -3.69. The minimum atomic E-state index is -3.69. The Morgan fingerprint density at radius 1 is 1.26 bits per heavy atom. The molecule has 0 saturated carbocycles. The second-order valence-electron chi connectivity index (χ2n) is 5.95. The van der Waals surface area contributed by atoms with E-state index in [9.17, 15) is 13.2 Å². The number of benzene rings is 1. The molecule has 7 heteroatoms. The number of carbonyl (C=O) groups is 1. The lowest BCUT2D eigenvalue weighted by molar-refractivity contribution is -0.132. The van der Waals surface area contributed by atoms with E-state index >= 15 is 0 Å². The van der Waals surface area contributed by atoms with E-state index in [1.54, 1.807) is 11.8 Å². The number of rotatable bonds is 5. The Bertz CT molecular complexity index is 638. The number of likely N-dealkylation sites (tertiary alicyclic amines) is 1. The topological polar surface area (TPSA) is 57.7 Å². The normalized spacial score (nSPS) is 16.8. The highest BCUT2D eigenvalue weighted by Gasteiger charge is 2.28. The molecule has 0 N–H and O–H groups in total. The first-order valence-electron chi connectivity index (χ1n) is 7.88. The highest BCUT2D eigenvalue weighted by molar-refractivity contribution is 7.89. The van der Waals surface area contributed by atoms with Crippen molar-refractivity contribution in [1.29, 1.82) is 0 Å². The van der Waals surface area contributed by atoms with Gasteiger partial charge in [-0.25, -0.2) is 8.42 Å². The number of sulfonamides is 1. The average molecular weight is 359 g/mol. The summed E-state index contributed by atoms with van der Waals surface area (Å²) in [6.07, 6.45) is 1.95. The van der Waals surface area contributed by atoms with Crippen LogP contribution in [0.1, 0.15) is 26.7 Å². The van der Waals surface area contributed by atoms with E-state index in [0.717, 1.165) is 12.8 Å². The molecule has 0 aromatic heterocycles. The molecule has 2 rings (SSSR count). The van der Waals surface area contributed by atoms with E-state index in [-0.39, 0.29) is 23.9 Å². The van der Waals surface area contributed by atoms with Crippen LogP contribution in [0.15, 0.2) is 29.2 Å². The second-order valence-corrected chi connectivity index (χ2v) is 8.32. The van der Waals surface area contributed by atoms with Crippen LogP contribution in [0.25, 0.3) is 0 Å². The molecule has 0 aliphatic carbocycles. The predicted molar refractivity (Wildman–Crippen MR) is 90.9 cm³/mol. The highest BCUT2D eigenvalue weighted by Crippen LogP contribution is 2.20. The standard InChI is InChI=1S/C16H23ClN2O3S/c1-3-19(12-16(20)18-10-8-13(2)9-11-18)23(21,22)15-6-4-14(17)5-7-15/h4-7,13H,3,8-12H2,1-2H3. The molecule has 1 aromatic carbocycles. The fraction of sp³-hybridized carbons (Fsp3) is 0.562. The van der Waals surface area contributed by atoms with Gasteiger partial charge in [-0.05, 0) is 43.0 Å². The van der Waals surface area contributed by atoms with Gasteiger partial charge >= 0.3 is 0 Å². The van der Waals surface area contributed by atoms with Gasteiger partial charge in [0.2, 0.25) is 15.9 Å². The lowest BCUT2D eigenvalue weighted by Gasteiger charge is -2.32. The fourth-order valence-electron chi connectivity index (χ4n) is 2.63. The summed E-state index contributed by atoms with van der Waals surface area (Å²) in [5.41, 5.74) is 0. The molecule has 1 amide bonds. The van der Waals surface area contributed by atoms with Crippen molar-refractivity contribution in [2.45, 2.75) is 31.6 Å². The van der Waals surface area contributed by atoms with Gasteiger partial charge in [0.05, 0.1) is 11.4 Å². The molecule has 1 aliphatic heterocycles. The summed E-state index contributed by atoms with van der Waals surface area (Å²) in [5.74, 6) is 0.496. The van der Waals surface area contributed by atoms with E-state index in [4.69, 9.17) is 11.6 Å². The van der Waals surface area contributed by atoms with Crippen molar-refractivity contribution in [2.75, 3.05) is 26.2 Å². The number of nitrogens with zero attached hydrogens (tertiary/aromatic N) is 2. The van der Waals surface area contributed by atoms with Gasteiger partial charge in [-0.1, -0.05) is 25.4 Å². The van der Waals surface area contributed by atoms with Crippen LogP contribution in [0.3, 0.4) is 0 Å². The van der Waals surface area contributed by atoms with Crippen molar-refractivity contribution in [2.24, 2.45) is 5.92 Å². The number of hydrogen-bond donors (Lipinski definition) is 0. The molecule has 0 radical (unpaired) electrons. The second kappa shape index (κ2) is 7.64. The monoisotopic (exact) mass is 358 g/mol. The molecule has 0 bridgehead atoms. The highest BCUT2D eigenvalue weighted by atomic mass is 35.5. The van der Waals surface area contributed by atoms with Gasteiger partial charge in [-0.2, -0.15) is 4.31 Å². The molecule has 0 unspecified atom stereocenters. The maximum absolute atomic E-state index is 12.7. The maximum Gasteiger partial charge on any atom is 0.243 e. The zero-order valence-corrected chi connectivity index (χ0v) is 15.1. The van der Waals surface area contributed by atoms with E-state index in [2.05, 4.69) is 6.92 Å². The third-order valence-corrected chi connectivity index (χ3v) is 6.44. The number of amides is 1. The minimum absolute atomic E-state index is 0.115. The molecule has 1 saturated heterocycles. The Morgan fingerprint density at radius 3 is 2.35 bits per heavy atom. The van der Waals surface area contributed by atoms with E-state index in [1.165, 1.54) is 28.6 Å². The Morgan fingerprint density at radius 2 is 1.83 bits per heavy atom. The SMILES string of the molecule is CCN(CC(=O)N1CCC(C)CC1)S(=O)(=O)c1ccc(Cl)cc1. The summed E-state index contributed by atoms with van der Waals surface area (Å²) < 4.78 is 26.5. The number of likely N-dealkylation sites (N-methyl/N-ethyl adjacent to an activating group) is 1. The Hall–Kier alpha value is -1.11. The largest absolute Gasteiger partial charge is 0.342 e. The summed E-state index contributed by atoms with van der Waals surface area (Å²) in [6.45, 7) is 5.46. The number of halogens is 1. The van der Waals surface area contributed by atoms with Crippen molar-refractivity contribution < 1.29 is 13.2 Å². The van der Waals surface area contributed by atoms with Crippen LogP contribution in [-0.4, -0.2) is 49.7 Å². The van der Waals surface area contributed by atoms with Crippen molar-refractivity contribution >= 4 is 27.5 Å². The zero-order valence-electron chi connectivity index (χ0n) is 13.5. The van der Waals surface area contributed by atoms with Gasteiger partial charge in [0.25, 0.3) is 0 Å². The predicted octanol–water partition coefficient (Wildman–Crippen LogP) is 2.61. The summed E-state index contributed by atoms with van der Waals surface area (Å²) in [4.78, 5) is 14.3. The van der Waals surface area contributed by atoms with Crippen molar-refractivity contribution in [1.82, 2.24) is 9.21 Å². The van der Waals surface area contributed by atoms with Gasteiger partial charge in [0, 0.05) is 24.7 Å². The smallest absolute Gasteiger partial charge is 0.243 e. The lowest BCUT2D eigenvalue weighted by atomic mass is 9.99. The van der Waals surface area contributed by atoms with E-state index in [0.29, 0.717) is 24.0 Å². The Balaban J connectivity index is 2.09. The molecule has 0 spiro atoms.